The van der Waals surface area contributed by atoms with Crippen LogP contribution < -0.4 is 0 Å². The standard InChI is InChI=1S/C12H13FN2O3S/c13-12-3-2-11(8-10(12)9-14)19(16,17)15-4-1-6-18-7-5-15/h2-3,8H,1,4-7H2. The van der Waals surface area contributed by atoms with Crippen molar-refractivity contribution in [1.29, 1.82) is 5.26 Å². The summed E-state index contributed by atoms with van der Waals surface area (Å²) in [5.41, 5.74) is -0.271. The van der Waals surface area contributed by atoms with Gasteiger partial charge in [0, 0.05) is 19.7 Å². The van der Waals surface area contributed by atoms with Gasteiger partial charge in [-0.05, 0) is 24.6 Å². The van der Waals surface area contributed by atoms with Gasteiger partial charge in [0.05, 0.1) is 17.1 Å². The first kappa shape index (κ1) is 13.9. The third-order valence-electron chi connectivity index (χ3n) is 2.88. The second-order valence-electron chi connectivity index (χ2n) is 4.12. The highest BCUT2D eigenvalue weighted by atomic mass is 32.2. The fraction of sp³-hybridized carbons (Fsp3) is 0.417. The highest BCUT2D eigenvalue weighted by molar-refractivity contribution is 7.89. The maximum Gasteiger partial charge on any atom is 0.243 e. The van der Waals surface area contributed by atoms with Crippen molar-refractivity contribution in [2.45, 2.75) is 11.3 Å². The average Bonchev–Trinajstić information content (AvgIpc) is 2.68. The summed E-state index contributed by atoms with van der Waals surface area (Å²) in [6.07, 6.45) is 0.617. The van der Waals surface area contributed by atoms with Gasteiger partial charge in [-0.1, -0.05) is 0 Å². The molecule has 0 atom stereocenters. The summed E-state index contributed by atoms with van der Waals surface area (Å²) in [6, 6.07) is 4.88. The van der Waals surface area contributed by atoms with Gasteiger partial charge in [0.25, 0.3) is 0 Å². The molecule has 0 bridgehead atoms. The molecule has 1 saturated heterocycles. The maximum absolute atomic E-state index is 13.2. The molecule has 1 aliphatic heterocycles. The Morgan fingerprint density at radius 1 is 1.32 bits per heavy atom. The number of hydrogen-bond donors (Lipinski definition) is 0. The molecule has 19 heavy (non-hydrogen) atoms. The summed E-state index contributed by atoms with van der Waals surface area (Å²) in [5, 5.41) is 8.75. The van der Waals surface area contributed by atoms with Crippen molar-refractivity contribution in [3.63, 3.8) is 0 Å². The molecule has 0 aromatic heterocycles. The first-order valence-corrected chi connectivity index (χ1v) is 7.27. The van der Waals surface area contributed by atoms with Crippen LogP contribution in [0.15, 0.2) is 23.1 Å². The van der Waals surface area contributed by atoms with Crippen molar-refractivity contribution < 1.29 is 17.5 Å². The van der Waals surface area contributed by atoms with E-state index in [0.29, 0.717) is 26.2 Å². The summed E-state index contributed by atoms with van der Waals surface area (Å²) in [7, 11) is -3.70. The topological polar surface area (TPSA) is 70.4 Å². The lowest BCUT2D eigenvalue weighted by Gasteiger charge is -2.19. The van der Waals surface area contributed by atoms with Crippen LogP contribution in [0.4, 0.5) is 4.39 Å². The van der Waals surface area contributed by atoms with Gasteiger partial charge in [-0.3, -0.25) is 0 Å². The first-order valence-electron chi connectivity index (χ1n) is 5.83. The molecule has 7 heteroatoms. The predicted octanol–water partition coefficient (Wildman–Crippen LogP) is 1.11. The van der Waals surface area contributed by atoms with E-state index in [-0.39, 0.29) is 17.0 Å². The molecule has 1 aromatic rings. The Balaban J connectivity index is 2.36. The second kappa shape index (κ2) is 5.65. The Morgan fingerprint density at radius 3 is 2.84 bits per heavy atom. The van der Waals surface area contributed by atoms with Crippen molar-refractivity contribution in [3.8, 4) is 6.07 Å². The van der Waals surface area contributed by atoms with Crippen LogP contribution in [-0.2, 0) is 14.8 Å². The summed E-state index contributed by atoms with van der Waals surface area (Å²) in [6.45, 7) is 1.49. The molecule has 5 nitrogen and oxygen atoms in total. The van der Waals surface area contributed by atoms with E-state index >= 15 is 0 Å². The minimum atomic E-state index is -3.70. The Kier molecular flexibility index (Phi) is 4.14. The number of nitriles is 1. The van der Waals surface area contributed by atoms with Gasteiger partial charge in [0.2, 0.25) is 10.0 Å². The summed E-state index contributed by atoms with van der Waals surface area (Å²) < 4.78 is 44.4. The average molecular weight is 284 g/mol. The van der Waals surface area contributed by atoms with Gasteiger partial charge in [-0.15, -0.1) is 0 Å². The van der Waals surface area contributed by atoms with Crippen molar-refractivity contribution in [3.05, 3.63) is 29.6 Å². The van der Waals surface area contributed by atoms with E-state index in [1.165, 1.54) is 10.4 Å². The molecule has 0 saturated carbocycles. The smallest absolute Gasteiger partial charge is 0.243 e. The van der Waals surface area contributed by atoms with E-state index < -0.39 is 15.8 Å². The Hall–Kier alpha value is -1.49. The van der Waals surface area contributed by atoms with Crippen LogP contribution in [0.3, 0.4) is 0 Å². The van der Waals surface area contributed by atoms with Crippen molar-refractivity contribution in [1.82, 2.24) is 4.31 Å². The van der Waals surface area contributed by atoms with E-state index in [2.05, 4.69) is 0 Å². The van der Waals surface area contributed by atoms with Crippen molar-refractivity contribution in [2.24, 2.45) is 0 Å². The molecule has 1 heterocycles. The molecule has 1 fully saturated rings. The molecular formula is C12H13FN2O3S. The molecule has 1 aromatic carbocycles. The van der Waals surface area contributed by atoms with Gasteiger partial charge in [-0.25, -0.2) is 12.8 Å². The lowest BCUT2D eigenvalue weighted by Crippen LogP contribution is -2.33. The molecule has 0 unspecified atom stereocenters. The third kappa shape index (κ3) is 2.92. The lowest BCUT2D eigenvalue weighted by atomic mass is 10.2. The molecule has 0 radical (unpaired) electrons. The number of nitrogens with zero attached hydrogens (tertiary/aromatic N) is 2. The van der Waals surface area contributed by atoms with Gasteiger partial charge >= 0.3 is 0 Å². The fourth-order valence-corrected chi connectivity index (χ4v) is 3.35. The molecule has 0 spiro atoms. The van der Waals surface area contributed by atoms with Gasteiger partial charge in [-0.2, -0.15) is 9.57 Å². The highest BCUT2D eigenvalue weighted by Gasteiger charge is 2.26. The zero-order valence-electron chi connectivity index (χ0n) is 10.2. The van der Waals surface area contributed by atoms with Crippen LogP contribution in [0, 0.1) is 17.1 Å². The highest BCUT2D eigenvalue weighted by Crippen LogP contribution is 2.19. The molecule has 1 aliphatic rings. The van der Waals surface area contributed by atoms with Crippen molar-refractivity contribution in [2.75, 3.05) is 26.3 Å². The number of hydrogen-bond acceptors (Lipinski definition) is 4. The fourth-order valence-electron chi connectivity index (χ4n) is 1.86. The molecule has 0 amide bonds. The molecule has 0 N–H and O–H groups in total. The number of halogens is 1. The zero-order chi connectivity index (χ0) is 13.9. The van der Waals surface area contributed by atoms with E-state index in [0.717, 1.165) is 12.1 Å². The second-order valence-corrected chi connectivity index (χ2v) is 6.06. The molecule has 102 valence electrons. The predicted molar refractivity (Wildman–Crippen MR) is 65.3 cm³/mol. The van der Waals surface area contributed by atoms with Crippen LogP contribution in [0.25, 0.3) is 0 Å². The van der Waals surface area contributed by atoms with Gasteiger partial charge in [0.15, 0.2) is 0 Å². The molecule has 2 rings (SSSR count). The van der Waals surface area contributed by atoms with Crippen LogP contribution >= 0.6 is 0 Å². The Labute approximate surface area is 111 Å². The SMILES string of the molecule is N#Cc1cc(S(=O)(=O)N2CCCOCC2)ccc1F. The van der Waals surface area contributed by atoms with Crippen LogP contribution in [-0.4, -0.2) is 39.0 Å². The van der Waals surface area contributed by atoms with E-state index in [1.54, 1.807) is 6.07 Å². The van der Waals surface area contributed by atoms with E-state index in [4.69, 9.17) is 10.00 Å². The first-order chi connectivity index (χ1) is 9.05. The third-order valence-corrected chi connectivity index (χ3v) is 4.77. The minimum absolute atomic E-state index is 0.0626. The number of rotatable bonds is 2. The molecular weight excluding hydrogens is 271 g/mol. The maximum atomic E-state index is 13.2. The normalized spacial score (nSPS) is 17.7. The van der Waals surface area contributed by atoms with Gasteiger partial charge in [0.1, 0.15) is 11.9 Å². The Bertz CT molecular complexity index is 602. The van der Waals surface area contributed by atoms with Gasteiger partial charge < -0.3 is 4.74 Å². The summed E-state index contributed by atoms with van der Waals surface area (Å²) in [5.74, 6) is -0.722. The zero-order valence-corrected chi connectivity index (χ0v) is 11.0. The van der Waals surface area contributed by atoms with Crippen LogP contribution in [0.1, 0.15) is 12.0 Å². The minimum Gasteiger partial charge on any atom is -0.380 e. The Morgan fingerprint density at radius 2 is 2.11 bits per heavy atom. The largest absolute Gasteiger partial charge is 0.380 e. The molecule has 0 aliphatic carbocycles. The summed E-state index contributed by atoms with van der Waals surface area (Å²) >= 11 is 0. The van der Waals surface area contributed by atoms with Crippen molar-refractivity contribution >= 4 is 10.0 Å². The monoisotopic (exact) mass is 284 g/mol. The van der Waals surface area contributed by atoms with E-state index in [9.17, 15) is 12.8 Å². The summed E-state index contributed by atoms with van der Waals surface area (Å²) in [4.78, 5) is -0.0626. The lowest BCUT2D eigenvalue weighted by molar-refractivity contribution is 0.148. The quantitative estimate of drug-likeness (QED) is 0.815. The number of sulfonamides is 1. The van der Waals surface area contributed by atoms with Crippen LogP contribution in [0.2, 0.25) is 0 Å². The van der Waals surface area contributed by atoms with Crippen LogP contribution in [0.5, 0.6) is 0 Å². The number of benzene rings is 1. The van der Waals surface area contributed by atoms with E-state index in [1.807, 2.05) is 0 Å². The number of ether oxygens (including phenoxy) is 1.